The van der Waals surface area contributed by atoms with Crippen LogP contribution in [0.2, 0.25) is 0 Å². The highest BCUT2D eigenvalue weighted by Crippen LogP contribution is 2.11. The summed E-state index contributed by atoms with van der Waals surface area (Å²) in [6.45, 7) is 4.95. The van der Waals surface area contributed by atoms with Gasteiger partial charge in [-0.15, -0.1) is 0 Å². The molecule has 4 heteroatoms. The van der Waals surface area contributed by atoms with Crippen LogP contribution in [0, 0.1) is 5.92 Å². The quantitative estimate of drug-likeness (QED) is 0.857. The Morgan fingerprint density at radius 1 is 1.29 bits per heavy atom. The molecule has 1 aromatic heterocycles. The van der Waals surface area contributed by atoms with Gasteiger partial charge in [-0.05, 0) is 36.3 Å². The maximum atomic E-state index is 12.0. The fourth-order valence-electron chi connectivity index (χ4n) is 2.22. The molecule has 1 aromatic carbocycles. The van der Waals surface area contributed by atoms with Gasteiger partial charge >= 0.3 is 0 Å². The van der Waals surface area contributed by atoms with Crippen molar-refractivity contribution >= 4 is 16.8 Å². The summed E-state index contributed by atoms with van der Waals surface area (Å²) in [7, 11) is 0. The molecule has 0 radical (unpaired) electrons. The van der Waals surface area contributed by atoms with Crippen LogP contribution in [0.5, 0.6) is 0 Å². The smallest absolute Gasteiger partial charge is 0.251 e. The van der Waals surface area contributed by atoms with Crippen LogP contribution in [-0.2, 0) is 11.2 Å². The van der Waals surface area contributed by atoms with Gasteiger partial charge in [0.2, 0.25) is 5.91 Å². The van der Waals surface area contributed by atoms with Gasteiger partial charge in [-0.25, -0.2) is 0 Å². The normalized spacial score (nSPS) is 11.0. The molecule has 0 fully saturated rings. The minimum atomic E-state index is -0.108. The number of hydrogen-bond acceptors (Lipinski definition) is 2. The first-order valence-electron chi connectivity index (χ1n) is 7.44. The van der Waals surface area contributed by atoms with Crippen LogP contribution >= 0.6 is 0 Å². The monoisotopic (exact) mass is 286 g/mol. The van der Waals surface area contributed by atoms with Crippen LogP contribution in [0.1, 0.15) is 32.3 Å². The lowest BCUT2D eigenvalue weighted by Gasteiger charge is -2.07. The molecular formula is C17H22N2O2. The Bertz CT molecular complexity index is 674. The van der Waals surface area contributed by atoms with Gasteiger partial charge in [0.1, 0.15) is 0 Å². The van der Waals surface area contributed by atoms with Gasteiger partial charge in [0, 0.05) is 24.0 Å². The highest BCUT2D eigenvalue weighted by atomic mass is 16.1. The molecule has 0 aliphatic rings. The largest absolute Gasteiger partial charge is 0.356 e. The van der Waals surface area contributed by atoms with Gasteiger partial charge < -0.3 is 10.3 Å². The Hall–Kier alpha value is -2.10. The molecule has 0 aliphatic heterocycles. The molecule has 2 N–H and O–H groups in total. The minimum Gasteiger partial charge on any atom is -0.356 e. The third-order valence-corrected chi connectivity index (χ3v) is 3.50. The topological polar surface area (TPSA) is 62.0 Å². The molecule has 0 spiro atoms. The van der Waals surface area contributed by atoms with E-state index in [1.54, 1.807) is 0 Å². The van der Waals surface area contributed by atoms with Crippen LogP contribution in [-0.4, -0.2) is 17.4 Å². The predicted molar refractivity (Wildman–Crippen MR) is 85.4 cm³/mol. The van der Waals surface area contributed by atoms with Gasteiger partial charge in [-0.3, -0.25) is 9.59 Å². The number of hydrogen-bond donors (Lipinski definition) is 2. The zero-order valence-electron chi connectivity index (χ0n) is 12.6. The van der Waals surface area contributed by atoms with Crippen LogP contribution in [0.3, 0.4) is 0 Å². The fourth-order valence-corrected chi connectivity index (χ4v) is 2.22. The van der Waals surface area contributed by atoms with Crippen LogP contribution in [0.4, 0.5) is 0 Å². The standard InChI is InChI=1S/C17H22N2O2/c1-12(2)9-10-18-16(20)8-7-14-11-13-5-3-4-6-15(13)19-17(14)21/h3-6,11-12H,7-10H2,1-2H3,(H,18,20)(H,19,21). The van der Waals surface area contributed by atoms with Crippen molar-refractivity contribution < 1.29 is 4.79 Å². The molecule has 4 nitrogen and oxygen atoms in total. The Balaban J connectivity index is 1.95. The summed E-state index contributed by atoms with van der Waals surface area (Å²) < 4.78 is 0. The van der Waals surface area contributed by atoms with Gasteiger partial charge in [0.15, 0.2) is 0 Å². The summed E-state index contributed by atoms with van der Waals surface area (Å²) in [5.41, 5.74) is 1.38. The number of pyridine rings is 1. The van der Waals surface area contributed by atoms with E-state index < -0.39 is 0 Å². The zero-order chi connectivity index (χ0) is 15.2. The number of benzene rings is 1. The molecule has 0 unspecified atom stereocenters. The average Bonchev–Trinajstić information content (AvgIpc) is 2.44. The number of aromatic nitrogens is 1. The van der Waals surface area contributed by atoms with Gasteiger partial charge in [-0.1, -0.05) is 32.0 Å². The molecule has 1 amide bonds. The van der Waals surface area contributed by atoms with Crippen molar-refractivity contribution in [1.82, 2.24) is 10.3 Å². The molecule has 0 aliphatic carbocycles. The molecule has 0 bridgehead atoms. The van der Waals surface area contributed by atoms with Crippen LogP contribution in [0.15, 0.2) is 35.1 Å². The van der Waals surface area contributed by atoms with E-state index >= 15 is 0 Å². The predicted octanol–water partition coefficient (Wildman–Crippen LogP) is 2.62. The molecule has 21 heavy (non-hydrogen) atoms. The van der Waals surface area contributed by atoms with Crippen LogP contribution < -0.4 is 10.9 Å². The van der Waals surface area contributed by atoms with Crippen molar-refractivity contribution in [3.63, 3.8) is 0 Å². The van der Waals surface area contributed by atoms with E-state index in [1.165, 1.54) is 0 Å². The van der Waals surface area contributed by atoms with Gasteiger partial charge in [-0.2, -0.15) is 0 Å². The lowest BCUT2D eigenvalue weighted by molar-refractivity contribution is -0.121. The summed E-state index contributed by atoms with van der Waals surface area (Å²) in [5.74, 6) is 0.580. The molecule has 112 valence electrons. The SMILES string of the molecule is CC(C)CCNC(=O)CCc1cc2ccccc2[nH]c1=O. The fraction of sp³-hybridized carbons (Fsp3) is 0.412. The molecule has 2 aromatic rings. The molecular weight excluding hydrogens is 264 g/mol. The number of amides is 1. The second-order valence-corrected chi connectivity index (χ2v) is 5.74. The number of aryl methyl sites for hydroxylation is 1. The van der Waals surface area contributed by atoms with E-state index in [0.29, 0.717) is 30.9 Å². The first kappa shape index (κ1) is 15.3. The molecule has 0 atom stereocenters. The summed E-state index contributed by atoms with van der Waals surface area (Å²) >= 11 is 0. The van der Waals surface area contributed by atoms with Crippen molar-refractivity contribution in [2.45, 2.75) is 33.1 Å². The van der Waals surface area contributed by atoms with E-state index in [9.17, 15) is 9.59 Å². The van der Waals surface area contributed by atoms with E-state index in [1.807, 2.05) is 30.3 Å². The van der Waals surface area contributed by atoms with Crippen LogP contribution in [0.25, 0.3) is 10.9 Å². The van der Waals surface area contributed by atoms with Gasteiger partial charge in [0.25, 0.3) is 5.56 Å². The highest BCUT2D eigenvalue weighted by Gasteiger charge is 2.06. The Morgan fingerprint density at radius 3 is 2.81 bits per heavy atom. The highest BCUT2D eigenvalue weighted by molar-refractivity contribution is 5.79. The number of para-hydroxylation sites is 1. The number of H-pyrrole nitrogens is 1. The lowest BCUT2D eigenvalue weighted by Crippen LogP contribution is -2.26. The second-order valence-electron chi connectivity index (χ2n) is 5.74. The maximum Gasteiger partial charge on any atom is 0.251 e. The first-order valence-corrected chi connectivity index (χ1v) is 7.44. The number of rotatable bonds is 6. The average molecular weight is 286 g/mol. The van der Waals surface area contributed by atoms with Crippen molar-refractivity contribution in [2.75, 3.05) is 6.54 Å². The first-order chi connectivity index (χ1) is 10.1. The number of carbonyl (C=O) groups is 1. The molecule has 2 rings (SSSR count). The summed E-state index contributed by atoms with van der Waals surface area (Å²) in [4.78, 5) is 26.6. The van der Waals surface area contributed by atoms with Crippen molar-refractivity contribution in [3.8, 4) is 0 Å². The van der Waals surface area contributed by atoms with E-state index in [-0.39, 0.29) is 11.5 Å². The number of fused-ring (bicyclic) bond motifs is 1. The summed E-state index contributed by atoms with van der Waals surface area (Å²) in [5, 5.41) is 3.88. The third-order valence-electron chi connectivity index (χ3n) is 3.50. The number of nitrogens with one attached hydrogen (secondary N) is 2. The van der Waals surface area contributed by atoms with Crippen molar-refractivity contribution in [3.05, 3.63) is 46.2 Å². The Kier molecular flexibility index (Phi) is 5.14. The summed E-state index contributed by atoms with van der Waals surface area (Å²) in [6.07, 6.45) is 1.79. The van der Waals surface area contributed by atoms with E-state index in [2.05, 4.69) is 24.1 Å². The van der Waals surface area contributed by atoms with E-state index in [4.69, 9.17) is 0 Å². The molecule has 0 saturated heterocycles. The minimum absolute atomic E-state index is 0.00297. The molecule has 0 saturated carbocycles. The Morgan fingerprint density at radius 2 is 2.05 bits per heavy atom. The molecule has 1 heterocycles. The Labute approximate surface area is 124 Å². The van der Waals surface area contributed by atoms with Gasteiger partial charge in [0.05, 0.1) is 0 Å². The number of carbonyl (C=O) groups excluding carboxylic acids is 1. The summed E-state index contributed by atoms with van der Waals surface area (Å²) in [6, 6.07) is 9.52. The second kappa shape index (κ2) is 7.07. The lowest BCUT2D eigenvalue weighted by atomic mass is 10.1. The van der Waals surface area contributed by atoms with E-state index in [0.717, 1.165) is 17.3 Å². The zero-order valence-corrected chi connectivity index (χ0v) is 12.6. The van der Waals surface area contributed by atoms with Crippen molar-refractivity contribution in [1.29, 1.82) is 0 Å². The maximum absolute atomic E-state index is 12.0. The number of aromatic amines is 1. The van der Waals surface area contributed by atoms with Crippen molar-refractivity contribution in [2.24, 2.45) is 5.92 Å². The third kappa shape index (κ3) is 4.45.